The fourth-order valence-corrected chi connectivity index (χ4v) is 3.65. The van der Waals surface area contributed by atoms with Crippen molar-refractivity contribution in [1.82, 2.24) is 29.9 Å². The van der Waals surface area contributed by atoms with Crippen LogP contribution in [-0.4, -0.2) is 69.8 Å². The molecule has 0 radical (unpaired) electrons. The lowest BCUT2D eigenvalue weighted by Gasteiger charge is -2.36. The molecule has 0 saturated carbocycles. The van der Waals surface area contributed by atoms with Crippen LogP contribution in [0, 0.1) is 0 Å². The van der Waals surface area contributed by atoms with Crippen molar-refractivity contribution in [2.24, 2.45) is 4.99 Å². The molecule has 1 saturated heterocycles. The van der Waals surface area contributed by atoms with Gasteiger partial charge in [0.2, 0.25) is 0 Å². The van der Waals surface area contributed by atoms with Gasteiger partial charge in [-0.15, -0.1) is 34.2 Å². The standard InChI is InChI=1S/C21H30F3N7.HI/c1-3-19-28-27-16-31(19)9-8-26-20(25-4-2)30-12-10-29(11-13-30)15-17-6-5-7-18(14-17)21(22,23)24;/h5-7,14,16H,3-4,8-13,15H2,1-2H3,(H,25,26);1H. The average molecular weight is 565 g/mol. The van der Waals surface area contributed by atoms with E-state index >= 15 is 0 Å². The first kappa shape index (κ1) is 26.4. The summed E-state index contributed by atoms with van der Waals surface area (Å²) in [4.78, 5) is 9.13. The maximum atomic E-state index is 12.9. The number of alkyl halides is 3. The van der Waals surface area contributed by atoms with Crippen LogP contribution in [0.3, 0.4) is 0 Å². The molecule has 2 heterocycles. The van der Waals surface area contributed by atoms with Crippen LogP contribution in [0.15, 0.2) is 35.6 Å². The minimum atomic E-state index is -4.31. The Hall–Kier alpha value is -1.89. The molecule has 0 unspecified atom stereocenters. The molecule has 2 aromatic rings. The van der Waals surface area contributed by atoms with Crippen LogP contribution in [0.4, 0.5) is 13.2 Å². The van der Waals surface area contributed by atoms with Crippen LogP contribution in [0.1, 0.15) is 30.8 Å². The highest BCUT2D eigenvalue weighted by Gasteiger charge is 2.30. The highest BCUT2D eigenvalue weighted by atomic mass is 127. The Bertz CT molecular complexity index is 861. The Morgan fingerprint density at radius 2 is 1.91 bits per heavy atom. The number of hydrogen-bond donors (Lipinski definition) is 1. The van der Waals surface area contributed by atoms with E-state index < -0.39 is 11.7 Å². The first-order chi connectivity index (χ1) is 14.9. The highest BCUT2D eigenvalue weighted by Crippen LogP contribution is 2.29. The van der Waals surface area contributed by atoms with Gasteiger partial charge in [0.05, 0.1) is 12.1 Å². The van der Waals surface area contributed by atoms with Crippen molar-refractivity contribution in [3.05, 3.63) is 47.5 Å². The van der Waals surface area contributed by atoms with E-state index in [0.29, 0.717) is 18.7 Å². The number of aliphatic imine (C=N–C) groups is 1. The van der Waals surface area contributed by atoms with Crippen molar-refractivity contribution in [3.63, 3.8) is 0 Å². The van der Waals surface area contributed by atoms with E-state index in [1.165, 1.54) is 12.1 Å². The van der Waals surface area contributed by atoms with Crippen LogP contribution in [-0.2, 0) is 25.7 Å². The molecular weight excluding hydrogens is 534 g/mol. The summed E-state index contributed by atoms with van der Waals surface area (Å²) >= 11 is 0. The van der Waals surface area contributed by atoms with Gasteiger partial charge in [-0.25, -0.2) is 0 Å². The third-order valence-electron chi connectivity index (χ3n) is 5.28. The molecule has 32 heavy (non-hydrogen) atoms. The van der Waals surface area contributed by atoms with Gasteiger partial charge in [-0.2, -0.15) is 13.2 Å². The molecule has 3 rings (SSSR count). The van der Waals surface area contributed by atoms with Crippen molar-refractivity contribution in [2.75, 3.05) is 39.3 Å². The summed E-state index contributed by atoms with van der Waals surface area (Å²) in [6, 6.07) is 5.59. The maximum absolute atomic E-state index is 12.9. The van der Waals surface area contributed by atoms with Crippen molar-refractivity contribution in [1.29, 1.82) is 0 Å². The van der Waals surface area contributed by atoms with Gasteiger partial charge in [0.1, 0.15) is 12.2 Å². The van der Waals surface area contributed by atoms with Gasteiger partial charge in [0.25, 0.3) is 0 Å². The van der Waals surface area contributed by atoms with E-state index in [2.05, 4.69) is 25.3 Å². The van der Waals surface area contributed by atoms with Crippen LogP contribution in [0.25, 0.3) is 0 Å². The predicted molar refractivity (Wildman–Crippen MR) is 129 cm³/mol. The van der Waals surface area contributed by atoms with Crippen molar-refractivity contribution in [3.8, 4) is 0 Å². The number of nitrogens with zero attached hydrogens (tertiary/aromatic N) is 6. The van der Waals surface area contributed by atoms with Crippen molar-refractivity contribution < 1.29 is 13.2 Å². The van der Waals surface area contributed by atoms with E-state index in [9.17, 15) is 13.2 Å². The van der Waals surface area contributed by atoms with Gasteiger partial charge in [-0.05, 0) is 18.6 Å². The molecule has 0 aliphatic carbocycles. The lowest BCUT2D eigenvalue weighted by molar-refractivity contribution is -0.137. The lowest BCUT2D eigenvalue weighted by Crippen LogP contribution is -2.52. The quantitative estimate of drug-likeness (QED) is 0.318. The minimum absolute atomic E-state index is 0. The minimum Gasteiger partial charge on any atom is -0.357 e. The van der Waals surface area contributed by atoms with Gasteiger partial charge in [-0.1, -0.05) is 25.1 Å². The van der Waals surface area contributed by atoms with Crippen LogP contribution in [0.5, 0.6) is 0 Å². The molecule has 1 fully saturated rings. The molecule has 1 aromatic heterocycles. The van der Waals surface area contributed by atoms with Crippen LogP contribution < -0.4 is 5.32 Å². The molecule has 0 atom stereocenters. The zero-order valence-electron chi connectivity index (χ0n) is 18.5. The first-order valence-corrected chi connectivity index (χ1v) is 10.7. The van der Waals surface area contributed by atoms with Crippen LogP contribution in [0.2, 0.25) is 0 Å². The number of piperazine rings is 1. The fraction of sp³-hybridized carbons (Fsp3) is 0.571. The van der Waals surface area contributed by atoms with Gasteiger partial charge in [0, 0.05) is 52.2 Å². The van der Waals surface area contributed by atoms with Gasteiger partial charge < -0.3 is 14.8 Å². The third-order valence-corrected chi connectivity index (χ3v) is 5.28. The Labute approximate surface area is 204 Å². The monoisotopic (exact) mass is 565 g/mol. The fourth-order valence-electron chi connectivity index (χ4n) is 3.65. The number of hydrogen-bond acceptors (Lipinski definition) is 4. The van der Waals surface area contributed by atoms with Gasteiger partial charge in [-0.3, -0.25) is 9.89 Å². The second kappa shape index (κ2) is 12.4. The zero-order valence-corrected chi connectivity index (χ0v) is 20.8. The van der Waals surface area contributed by atoms with E-state index in [4.69, 9.17) is 4.99 Å². The number of aromatic nitrogens is 3. The number of nitrogens with one attached hydrogen (secondary N) is 1. The summed E-state index contributed by atoms with van der Waals surface area (Å²) in [5.41, 5.74) is 0.0917. The third kappa shape index (κ3) is 7.32. The molecule has 0 amide bonds. The summed E-state index contributed by atoms with van der Waals surface area (Å²) in [5.74, 6) is 1.82. The molecule has 178 valence electrons. The van der Waals surface area contributed by atoms with E-state index in [-0.39, 0.29) is 24.0 Å². The van der Waals surface area contributed by atoms with Crippen LogP contribution >= 0.6 is 24.0 Å². The van der Waals surface area contributed by atoms with E-state index in [1.54, 1.807) is 12.4 Å². The zero-order chi connectivity index (χ0) is 22.3. The lowest BCUT2D eigenvalue weighted by atomic mass is 10.1. The normalized spacial score (nSPS) is 15.5. The SMILES string of the molecule is CCNC(=NCCn1cnnc1CC)N1CCN(Cc2cccc(C(F)(F)F)c2)CC1.I. The molecule has 0 spiro atoms. The van der Waals surface area contributed by atoms with Crippen molar-refractivity contribution in [2.45, 2.75) is 39.5 Å². The molecule has 1 N–H and O–H groups in total. The molecule has 1 aliphatic rings. The Morgan fingerprint density at radius 3 is 2.56 bits per heavy atom. The molecule has 11 heteroatoms. The number of guanidine groups is 1. The number of aryl methyl sites for hydroxylation is 1. The summed E-state index contributed by atoms with van der Waals surface area (Å²) in [6.45, 7) is 9.81. The van der Waals surface area contributed by atoms with Gasteiger partial charge >= 0.3 is 6.18 Å². The average Bonchev–Trinajstić information content (AvgIpc) is 3.21. The number of benzene rings is 1. The largest absolute Gasteiger partial charge is 0.416 e. The number of rotatable bonds is 7. The van der Waals surface area contributed by atoms with E-state index in [0.717, 1.165) is 63.5 Å². The Morgan fingerprint density at radius 1 is 1.16 bits per heavy atom. The number of halogens is 4. The second-order valence-electron chi connectivity index (χ2n) is 7.49. The summed E-state index contributed by atoms with van der Waals surface area (Å²) in [7, 11) is 0. The molecule has 7 nitrogen and oxygen atoms in total. The first-order valence-electron chi connectivity index (χ1n) is 10.7. The van der Waals surface area contributed by atoms with E-state index in [1.807, 2.05) is 18.4 Å². The summed E-state index contributed by atoms with van der Waals surface area (Å²) in [6.07, 6.45) is -1.75. The summed E-state index contributed by atoms with van der Waals surface area (Å²) < 4.78 is 40.8. The highest BCUT2D eigenvalue weighted by molar-refractivity contribution is 14.0. The molecular formula is C21H31F3IN7. The Balaban J connectivity index is 0.00000363. The smallest absolute Gasteiger partial charge is 0.357 e. The van der Waals surface area contributed by atoms with Gasteiger partial charge in [0.15, 0.2) is 5.96 Å². The molecule has 1 aromatic carbocycles. The summed E-state index contributed by atoms with van der Waals surface area (Å²) in [5, 5.41) is 11.4. The van der Waals surface area contributed by atoms with Crippen molar-refractivity contribution >= 4 is 29.9 Å². The Kier molecular flexibility index (Phi) is 10.2. The predicted octanol–water partition coefficient (Wildman–Crippen LogP) is 3.26. The second-order valence-corrected chi connectivity index (χ2v) is 7.49. The molecule has 0 bridgehead atoms. The maximum Gasteiger partial charge on any atom is 0.416 e. The topological polar surface area (TPSA) is 61.6 Å². The molecule has 1 aliphatic heterocycles.